The number of hydrogen-bond donors (Lipinski definition) is 3. The number of anilines is 2. The Labute approximate surface area is 348 Å². The fourth-order valence-electron chi connectivity index (χ4n) is 8.61. The Hall–Kier alpha value is -6.42. The normalized spacial score (nSPS) is 20.2. The maximum Gasteiger partial charge on any atom is 0.262 e. The predicted molar refractivity (Wildman–Crippen MR) is 226 cm³/mol. The highest BCUT2D eigenvalue weighted by atomic mass is 19.1. The summed E-state index contributed by atoms with van der Waals surface area (Å²) in [5, 5.41) is 11.1. The lowest BCUT2D eigenvalue weighted by Crippen LogP contribution is -2.51. The van der Waals surface area contributed by atoms with E-state index in [1.165, 1.54) is 23.1 Å². The molecule has 5 N–H and O–H groups in total. The molecule has 0 aliphatic carbocycles. The summed E-state index contributed by atoms with van der Waals surface area (Å²) in [6, 6.07) is 10.9. The Morgan fingerprint density at radius 3 is 2.48 bits per heavy atom. The van der Waals surface area contributed by atoms with Crippen molar-refractivity contribution in [1.82, 2.24) is 35.1 Å². The SMILES string of the molecule is C=C1CCC(N2C(=O)c3ccc(N4CCC(CCN5CCC(N=C/C(=C\N)c6cnc(N)c(OC(C)c7cc(F)ccc7-n7nccn7)c6)CC5)CC4)cc3C2=O)C(=O)N1. The number of piperidine rings is 3. The van der Waals surface area contributed by atoms with Gasteiger partial charge in [-0.1, -0.05) is 6.58 Å². The van der Waals surface area contributed by atoms with Crippen LogP contribution < -0.4 is 26.4 Å². The van der Waals surface area contributed by atoms with Gasteiger partial charge in [0, 0.05) is 72.9 Å². The number of rotatable bonds is 12. The van der Waals surface area contributed by atoms with Crippen LogP contribution in [-0.4, -0.2) is 98.5 Å². The number of nitrogens with zero attached hydrogens (tertiary/aromatic N) is 8. The van der Waals surface area contributed by atoms with Crippen molar-refractivity contribution in [3.05, 3.63) is 108 Å². The van der Waals surface area contributed by atoms with Crippen LogP contribution in [0.25, 0.3) is 11.3 Å². The van der Waals surface area contributed by atoms with Crippen molar-refractivity contribution in [3.8, 4) is 11.4 Å². The molecule has 0 bridgehead atoms. The first-order valence-electron chi connectivity index (χ1n) is 20.6. The van der Waals surface area contributed by atoms with Crippen LogP contribution in [0, 0.1) is 11.7 Å². The summed E-state index contributed by atoms with van der Waals surface area (Å²) in [6.45, 7) is 10.3. The van der Waals surface area contributed by atoms with Crippen LogP contribution >= 0.6 is 0 Å². The summed E-state index contributed by atoms with van der Waals surface area (Å²) < 4.78 is 20.5. The number of allylic oxidation sites excluding steroid dienone is 2. The average molecular weight is 816 g/mol. The standard InChI is InChI=1S/C44H50FN11O4/c1-27-3-7-39(42(57)52-27)55-43(58)35-6-5-34(23-37(35)44(55)59)54-19-10-29(11-20-54)9-16-53-17-12-33(13-18-53)48-26-31(24-46)30-21-40(41(47)49-25-30)60-28(2)36-22-32(45)4-8-38(36)56-50-14-15-51-56/h4-6,8,14-15,21-26,28-29,33,39H,1,3,7,9-13,16-20,46H2,2H3,(H2,47,49)(H,52,57)/b31-24+,48-26?. The highest BCUT2D eigenvalue weighted by molar-refractivity contribution is 6.23. The molecular weight excluding hydrogens is 766 g/mol. The van der Waals surface area contributed by atoms with Gasteiger partial charge in [-0.15, -0.1) is 0 Å². The fraction of sp³-hybridized carbons (Fsp3) is 0.386. The molecule has 2 aromatic carbocycles. The second-order valence-electron chi connectivity index (χ2n) is 15.9. The van der Waals surface area contributed by atoms with Gasteiger partial charge in [0.2, 0.25) is 5.91 Å². The van der Waals surface area contributed by atoms with Crippen LogP contribution in [0.2, 0.25) is 0 Å². The summed E-state index contributed by atoms with van der Waals surface area (Å²) in [4.78, 5) is 55.8. The third-order valence-corrected chi connectivity index (χ3v) is 12.1. The minimum atomic E-state index is -0.816. The second-order valence-corrected chi connectivity index (χ2v) is 15.9. The first-order chi connectivity index (χ1) is 29.1. The van der Waals surface area contributed by atoms with Crippen molar-refractivity contribution in [2.45, 2.75) is 70.1 Å². The average Bonchev–Trinajstić information content (AvgIpc) is 3.88. The Morgan fingerprint density at radius 2 is 1.75 bits per heavy atom. The van der Waals surface area contributed by atoms with E-state index in [0.717, 1.165) is 75.4 Å². The lowest BCUT2D eigenvalue weighted by Gasteiger charge is -2.36. The molecule has 60 heavy (non-hydrogen) atoms. The topological polar surface area (TPSA) is 190 Å². The molecule has 3 amide bonds. The number of pyridine rings is 1. The quantitative estimate of drug-likeness (QED) is 0.128. The number of aliphatic imine (C=N–C) groups is 1. The molecule has 0 radical (unpaired) electrons. The summed E-state index contributed by atoms with van der Waals surface area (Å²) >= 11 is 0. The summed E-state index contributed by atoms with van der Waals surface area (Å²) in [5.41, 5.74) is 17.1. The Morgan fingerprint density at radius 1 is 1.00 bits per heavy atom. The molecule has 6 heterocycles. The molecule has 4 aliphatic heterocycles. The Balaban J connectivity index is 0.795. The number of nitrogens with one attached hydrogen (secondary N) is 1. The van der Waals surface area contributed by atoms with Crippen molar-refractivity contribution >= 4 is 41.0 Å². The number of hydrogen-bond acceptors (Lipinski definition) is 12. The molecule has 0 saturated carbocycles. The molecule has 312 valence electrons. The van der Waals surface area contributed by atoms with Gasteiger partial charge in [-0.3, -0.25) is 24.3 Å². The first kappa shape index (κ1) is 40.4. The number of amides is 3. The van der Waals surface area contributed by atoms with Gasteiger partial charge in [-0.25, -0.2) is 9.37 Å². The third-order valence-electron chi connectivity index (χ3n) is 12.1. The number of likely N-dealkylation sites (tertiary alicyclic amines) is 1. The smallest absolute Gasteiger partial charge is 0.262 e. The van der Waals surface area contributed by atoms with E-state index in [1.54, 1.807) is 49.9 Å². The van der Waals surface area contributed by atoms with Gasteiger partial charge in [-0.05, 0) is 107 Å². The number of fused-ring (bicyclic) bond motifs is 1. The molecule has 3 saturated heterocycles. The van der Waals surface area contributed by atoms with Crippen LogP contribution in [0.3, 0.4) is 0 Å². The van der Waals surface area contributed by atoms with E-state index in [-0.39, 0.29) is 17.8 Å². The maximum atomic E-state index is 14.3. The van der Waals surface area contributed by atoms with Gasteiger partial charge in [0.1, 0.15) is 18.0 Å². The zero-order chi connectivity index (χ0) is 41.9. The van der Waals surface area contributed by atoms with E-state index in [1.807, 2.05) is 12.1 Å². The Bertz CT molecular complexity index is 2330. The highest BCUT2D eigenvalue weighted by Gasteiger charge is 2.44. The molecular formula is C44H50FN11O4. The molecule has 8 rings (SSSR count). The number of carbonyl (C=O) groups excluding carboxylic acids is 3. The number of nitrogen functional groups attached to an aromatic ring is 1. The minimum absolute atomic E-state index is 0.167. The largest absolute Gasteiger partial charge is 0.482 e. The van der Waals surface area contributed by atoms with Crippen LogP contribution in [-0.2, 0) is 4.79 Å². The fourth-order valence-corrected chi connectivity index (χ4v) is 8.61. The van der Waals surface area contributed by atoms with Gasteiger partial charge in [0.15, 0.2) is 11.6 Å². The number of ether oxygens (including phenoxy) is 1. The molecule has 2 aromatic heterocycles. The number of halogens is 1. The highest BCUT2D eigenvalue weighted by Crippen LogP contribution is 2.34. The summed E-state index contributed by atoms with van der Waals surface area (Å²) in [6.07, 6.45) is 13.4. The molecule has 4 aliphatic rings. The summed E-state index contributed by atoms with van der Waals surface area (Å²) in [7, 11) is 0. The van der Waals surface area contributed by atoms with E-state index < -0.39 is 29.8 Å². The third kappa shape index (κ3) is 8.50. The number of benzene rings is 2. The van der Waals surface area contributed by atoms with Crippen molar-refractivity contribution in [3.63, 3.8) is 0 Å². The van der Waals surface area contributed by atoms with E-state index in [2.05, 4.69) is 36.9 Å². The van der Waals surface area contributed by atoms with Crippen molar-refractivity contribution in [2.75, 3.05) is 43.4 Å². The molecule has 2 atom stereocenters. The minimum Gasteiger partial charge on any atom is -0.482 e. The molecule has 4 aromatic rings. The van der Waals surface area contributed by atoms with E-state index in [4.69, 9.17) is 21.2 Å². The van der Waals surface area contributed by atoms with Crippen LogP contribution in [0.15, 0.2) is 84.5 Å². The van der Waals surface area contributed by atoms with E-state index in [9.17, 15) is 18.8 Å². The second kappa shape index (κ2) is 17.4. The van der Waals surface area contributed by atoms with Crippen molar-refractivity contribution in [1.29, 1.82) is 0 Å². The van der Waals surface area contributed by atoms with Gasteiger partial charge in [0.25, 0.3) is 11.8 Å². The van der Waals surface area contributed by atoms with Crippen LogP contribution in [0.4, 0.5) is 15.9 Å². The van der Waals surface area contributed by atoms with Gasteiger partial charge < -0.3 is 31.3 Å². The lowest BCUT2D eigenvalue weighted by atomic mass is 9.92. The number of carbonyl (C=O) groups is 3. The Kier molecular flexibility index (Phi) is 11.7. The molecule has 3 fully saturated rings. The summed E-state index contributed by atoms with van der Waals surface area (Å²) in [5.74, 6) is -0.455. The molecule has 15 nitrogen and oxygen atoms in total. The first-order valence-corrected chi connectivity index (χ1v) is 20.6. The monoisotopic (exact) mass is 815 g/mol. The number of nitrogens with two attached hydrogens (primary N) is 2. The van der Waals surface area contributed by atoms with Crippen molar-refractivity contribution < 1.29 is 23.5 Å². The van der Waals surface area contributed by atoms with E-state index >= 15 is 0 Å². The lowest BCUT2D eigenvalue weighted by molar-refractivity contribution is -0.125. The zero-order valence-corrected chi connectivity index (χ0v) is 33.7. The zero-order valence-electron chi connectivity index (χ0n) is 33.7. The predicted octanol–water partition coefficient (Wildman–Crippen LogP) is 5.05. The number of imide groups is 1. The number of aromatic nitrogens is 4. The molecule has 16 heteroatoms. The van der Waals surface area contributed by atoms with Gasteiger partial charge in [-0.2, -0.15) is 15.0 Å². The van der Waals surface area contributed by atoms with Gasteiger partial charge in [0.05, 0.1) is 35.2 Å². The van der Waals surface area contributed by atoms with Gasteiger partial charge >= 0.3 is 0 Å². The molecule has 0 spiro atoms. The van der Waals surface area contributed by atoms with Crippen LogP contribution in [0.5, 0.6) is 5.75 Å². The maximum absolute atomic E-state index is 14.3. The molecule has 2 unspecified atom stereocenters. The van der Waals surface area contributed by atoms with Crippen LogP contribution in [0.1, 0.15) is 89.8 Å². The van der Waals surface area contributed by atoms with E-state index in [0.29, 0.717) is 63.7 Å². The van der Waals surface area contributed by atoms with Crippen molar-refractivity contribution in [2.24, 2.45) is 16.6 Å².